The molecule has 3 nitrogen and oxygen atoms in total. The lowest BCUT2D eigenvalue weighted by atomic mass is 10.2. The van der Waals surface area contributed by atoms with E-state index in [4.69, 9.17) is 0 Å². The van der Waals surface area contributed by atoms with Gasteiger partial charge in [0.1, 0.15) is 0 Å². The summed E-state index contributed by atoms with van der Waals surface area (Å²) in [4.78, 5) is 12.1. The Hall–Kier alpha value is -0.780. The summed E-state index contributed by atoms with van der Waals surface area (Å²) in [6, 6.07) is 0. The molecule has 80 valence electrons. The van der Waals surface area contributed by atoms with Gasteiger partial charge < -0.3 is 9.13 Å². The van der Waals surface area contributed by atoms with Crippen LogP contribution in [0, 0.1) is 10.5 Å². The molecule has 0 spiro atoms. The molecule has 0 N–H and O–H groups in total. The monoisotopic (exact) mass is 316 g/mol. The Bertz CT molecular complexity index is 580. The average Bonchev–Trinajstić information content (AvgIpc) is 2.48. The van der Waals surface area contributed by atoms with Crippen LogP contribution in [-0.2, 0) is 13.6 Å². The van der Waals surface area contributed by atoms with Gasteiger partial charge in [-0.05, 0) is 42.0 Å². The van der Waals surface area contributed by atoms with Crippen LogP contribution in [0.15, 0.2) is 17.2 Å². The molecule has 0 saturated carbocycles. The summed E-state index contributed by atoms with van der Waals surface area (Å²) in [6.45, 7) is 4.76. The smallest absolute Gasteiger partial charge is 0.261 e. The molecule has 0 saturated heterocycles. The van der Waals surface area contributed by atoms with Crippen molar-refractivity contribution in [2.45, 2.75) is 20.4 Å². The van der Waals surface area contributed by atoms with Gasteiger partial charge in [0.25, 0.3) is 5.56 Å². The largest absolute Gasteiger partial charge is 0.349 e. The Morgan fingerprint density at radius 3 is 2.67 bits per heavy atom. The molecular weight excluding hydrogens is 303 g/mol. The van der Waals surface area contributed by atoms with Gasteiger partial charge >= 0.3 is 0 Å². The van der Waals surface area contributed by atoms with Crippen molar-refractivity contribution in [1.29, 1.82) is 0 Å². The molecule has 0 aromatic carbocycles. The van der Waals surface area contributed by atoms with Gasteiger partial charge in [0, 0.05) is 29.6 Å². The van der Waals surface area contributed by atoms with E-state index in [1.165, 1.54) is 0 Å². The number of rotatable bonds is 1. The molecule has 0 unspecified atom stereocenters. The summed E-state index contributed by atoms with van der Waals surface area (Å²) in [7, 11) is 1.98. The van der Waals surface area contributed by atoms with Gasteiger partial charge in [-0.1, -0.05) is 0 Å². The minimum atomic E-state index is 0.114. The second kappa shape index (κ2) is 3.66. The van der Waals surface area contributed by atoms with Crippen molar-refractivity contribution in [2.75, 3.05) is 0 Å². The van der Waals surface area contributed by atoms with Crippen molar-refractivity contribution in [2.24, 2.45) is 7.05 Å². The molecular formula is C11H13IN2O. The van der Waals surface area contributed by atoms with Crippen molar-refractivity contribution >= 4 is 33.5 Å². The van der Waals surface area contributed by atoms with Gasteiger partial charge in [0.15, 0.2) is 0 Å². The fourth-order valence-corrected chi connectivity index (χ4v) is 2.90. The maximum absolute atomic E-state index is 12.1. The third-order valence-electron chi connectivity index (χ3n) is 2.67. The van der Waals surface area contributed by atoms with Crippen LogP contribution in [0.4, 0.5) is 0 Å². The number of hydrogen-bond acceptors (Lipinski definition) is 1. The zero-order valence-corrected chi connectivity index (χ0v) is 11.2. The van der Waals surface area contributed by atoms with Crippen molar-refractivity contribution in [3.05, 3.63) is 31.9 Å². The Morgan fingerprint density at radius 1 is 1.40 bits per heavy atom. The highest BCUT2D eigenvalue weighted by atomic mass is 127. The summed E-state index contributed by atoms with van der Waals surface area (Å²) in [5.74, 6) is 0. The Labute approximate surface area is 102 Å². The van der Waals surface area contributed by atoms with Gasteiger partial charge in [0.2, 0.25) is 0 Å². The quantitative estimate of drug-likeness (QED) is 0.742. The summed E-state index contributed by atoms with van der Waals surface area (Å²) < 4.78 is 4.81. The molecule has 2 heterocycles. The van der Waals surface area contributed by atoms with Gasteiger partial charge in [0.05, 0.1) is 10.9 Å². The van der Waals surface area contributed by atoms with Crippen molar-refractivity contribution in [1.82, 2.24) is 9.13 Å². The molecule has 2 rings (SSSR count). The molecule has 0 aliphatic heterocycles. The highest BCUT2D eigenvalue weighted by Gasteiger charge is 2.12. The van der Waals surface area contributed by atoms with E-state index >= 15 is 0 Å². The van der Waals surface area contributed by atoms with Crippen molar-refractivity contribution in [3.8, 4) is 0 Å². The molecule has 2 aromatic heterocycles. The first kappa shape index (κ1) is 10.7. The Balaban J connectivity index is 3.03. The third-order valence-corrected chi connectivity index (χ3v) is 3.49. The van der Waals surface area contributed by atoms with Crippen LogP contribution in [0.1, 0.15) is 12.5 Å². The van der Waals surface area contributed by atoms with E-state index in [1.54, 1.807) is 4.57 Å². The molecule has 0 bridgehead atoms. The van der Waals surface area contributed by atoms with E-state index in [1.807, 2.05) is 37.9 Å². The topological polar surface area (TPSA) is 26.9 Å². The van der Waals surface area contributed by atoms with E-state index in [9.17, 15) is 4.79 Å². The molecule has 0 aliphatic rings. The second-order valence-electron chi connectivity index (χ2n) is 3.71. The number of fused-ring (bicyclic) bond motifs is 1. The molecule has 4 heteroatoms. The summed E-state index contributed by atoms with van der Waals surface area (Å²) in [5, 5.41) is 0.847. The highest BCUT2D eigenvalue weighted by Crippen LogP contribution is 2.21. The maximum Gasteiger partial charge on any atom is 0.261 e. The standard InChI is InChI=1S/C11H13IN2O/c1-4-14-5-7(2)10-9(11(14)15)8(12)6-13(10)3/h5-6H,4H2,1-3H3. The van der Waals surface area contributed by atoms with Crippen molar-refractivity contribution in [3.63, 3.8) is 0 Å². The number of aryl methyl sites for hydroxylation is 3. The Kier molecular flexibility index (Phi) is 2.62. The van der Waals surface area contributed by atoms with Crippen LogP contribution in [0.2, 0.25) is 0 Å². The summed E-state index contributed by atoms with van der Waals surface area (Å²) in [5.41, 5.74) is 2.31. The number of hydrogen-bond donors (Lipinski definition) is 0. The lowest BCUT2D eigenvalue weighted by molar-refractivity contribution is 0.730. The zero-order chi connectivity index (χ0) is 11.2. The van der Waals surface area contributed by atoms with E-state index in [0.717, 1.165) is 26.6 Å². The number of halogens is 1. The van der Waals surface area contributed by atoms with Gasteiger partial charge in [-0.3, -0.25) is 4.79 Å². The average molecular weight is 316 g/mol. The summed E-state index contributed by atoms with van der Waals surface area (Å²) in [6.07, 6.45) is 3.93. The molecule has 2 aromatic rings. The number of aromatic nitrogens is 2. The Morgan fingerprint density at radius 2 is 2.07 bits per heavy atom. The highest BCUT2D eigenvalue weighted by molar-refractivity contribution is 14.1. The maximum atomic E-state index is 12.1. The van der Waals surface area contributed by atoms with Gasteiger partial charge in [-0.25, -0.2) is 0 Å². The fourth-order valence-electron chi connectivity index (χ4n) is 2.00. The zero-order valence-electron chi connectivity index (χ0n) is 9.04. The normalized spacial score (nSPS) is 11.2. The lowest BCUT2D eigenvalue weighted by Crippen LogP contribution is -2.19. The van der Waals surface area contributed by atoms with Crippen molar-refractivity contribution < 1.29 is 0 Å². The van der Waals surface area contributed by atoms with Gasteiger partial charge in [-0.15, -0.1) is 0 Å². The van der Waals surface area contributed by atoms with E-state index in [-0.39, 0.29) is 5.56 Å². The molecule has 0 atom stereocenters. The number of nitrogens with zero attached hydrogens (tertiary/aromatic N) is 2. The van der Waals surface area contributed by atoms with Crippen LogP contribution < -0.4 is 5.56 Å². The second-order valence-corrected chi connectivity index (χ2v) is 4.88. The van der Waals surface area contributed by atoms with E-state index < -0.39 is 0 Å². The first-order chi connectivity index (χ1) is 7.06. The minimum absolute atomic E-state index is 0.114. The van der Waals surface area contributed by atoms with E-state index in [0.29, 0.717) is 0 Å². The molecule has 0 amide bonds. The van der Waals surface area contributed by atoms with Crippen LogP contribution in [-0.4, -0.2) is 9.13 Å². The van der Waals surface area contributed by atoms with Crippen LogP contribution in [0.3, 0.4) is 0 Å². The first-order valence-electron chi connectivity index (χ1n) is 4.90. The van der Waals surface area contributed by atoms with Crippen LogP contribution in [0.25, 0.3) is 10.9 Å². The van der Waals surface area contributed by atoms with E-state index in [2.05, 4.69) is 22.6 Å². The molecule has 0 fully saturated rings. The fraction of sp³-hybridized carbons (Fsp3) is 0.364. The van der Waals surface area contributed by atoms with Crippen LogP contribution in [0.5, 0.6) is 0 Å². The van der Waals surface area contributed by atoms with Crippen LogP contribution >= 0.6 is 22.6 Å². The predicted octanol–water partition coefficient (Wildman–Crippen LogP) is 2.27. The number of pyridine rings is 1. The predicted molar refractivity (Wildman–Crippen MR) is 70.3 cm³/mol. The molecule has 0 aliphatic carbocycles. The lowest BCUT2D eigenvalue weighted by Gasteiger charge is -2.06. The molecule has 15 heavy (non-hydrogen) atoms. The minimum Gasteiger partial charge on any atom is -0.349 e. The molecule has 0 radical (unpaired) electrons. The summed E-state index contributed by atoms with van der Waals surface area (Å²) >= 11 is 2.22. The third kappa shape index (κ3) is 1.51. The SMILES string of the molecule is CCn1cc(C)c2c(c(I)cn2C)c1=O. The first-order valence-corrected chi connectivity index (χ1v) is 5.98. The van der Waals surface area contributed by atoms with Gasteiger partial charge in [-0.2, -0.15) is 0 Å².